The van der Waals surface area contributed by atoms with E-state index in [1.165, 1.54) is 28.9 Å². The number of pyridine rings is 1. The van der Waals surface area contributed by atoms with Crippen molar-refractivity contribution in [1.82, 2.24) is 24.5 Å². The first kappa shape index (κ1) is 16.9. The summed E-state index contributed by atoms with van der Waals surface area (Å²) in [5.74, 6) is 0.396. The van der Waals surface area contributed by atoms with Crippen LogP contribution in [0.15, 0.2) is 54.9 Å². The average molecular weight is 377 g/mol. The molecule has 4 aromatic rings. The molecule has 1 fully saturated rings. The number of hydrogen-bond donors (Lipinski definition) is 0. The van der Waals surface area contributed by atoms with Crippen LogP contribution in [0.3, 0.4) is 0 Å². The Morgan fingerprint density at radius 2 is 1.71 bits per heavy atom. The first-order valence-electron chi connectivity index (χ1n) is 9.04. The van der Waals surface area contributed by atoms with Gasteiger partial charge in [0.2, 0.25) is 0 Å². The summed E-state index contributed by atoms with van der Waals surface area (Å²) in [5.41, 5.74) is 3.60. The Kier molecular flexibility index (Phi) is 3.91. The van der Waals surface area contributed by atoms with Crippen LogP contribution in [0.5, 0.6) is 0 Å². The average Bonchev–Trinajstić information content (AvgIpc) is 3.04. The lowest BCUT2D eigenvalue weighted by molar-refractivity contribution is 0.183. The molecule has 5 rings (SSSR count). The molecule has 3 aromatic heterocycles. The molecule has 0 bridgehead atoms. The first-order chi connectivity index (χ1) is 13.6. The highest BCUT2D eigenvalue weighted by Gasteiger charge is 2.28. The summed E-state index contributed by atoms with van der Waals surface area (Å²) >= 11 is 0. The summed E-state index contributed by atoms with van der Waals surface area (Å²) in [6, 6.07) is 11.0. The zero-order valence-corrected chi connectivity index (χ0v) is 15.2. The molecular formula is C21H17F2N5. The van der Waals surface area contributed by atoms with Gasteiger partial charge in [0.15, 0.2) is 0 Å². The maximum atomic E-state index is 13.8. The molecule has 0 radical (unpaired) electrons. The molecule has 7 heteroatoms. The predicted molar refractivity (Wildman–Crippen MR) is 102 cm³/mol. The molecule has 5 nitrogen and oxygen atoms in total. The van der Waals surface area contributed by atoms with Gasteiger partial charge in [-0.3, -0.25) is 0 Å². The number of hydrogen-bond acceptors (Lipinski definition) is 4. The Morgan fingerprint density at radius 1 is 0.964 bits per heavy atom. The fraction of sp³-hybridized carbons (Fsp3) is 0.190. The highest BCUT2D eigenvalue weighted by molar-refractivity contribution is 5.90. The molecule has 0 amide bonds. The lowest BCUT2D eigenvalue weighted by Gasteiger charge is -2.34. The van der Waals surface area contributed by atoms with Crippen LogP contribution in [0.2, 0.25) is 0 Å². The Bertz CT molecular complexity index is 1160. The van der Waals surface area contributed by atoms with E-state index in [4.69, 9.17) is 4.98 Å². The maximum Gasteiger partial charge on any atom is 0.141 e. The van der Waals surface area contributed by atoms with Gasteiger partial charge in [-0.1, -0.05) is 0 Å². The topological polar surface area (TPSA) is 46.3 Å². The molecule has 1 saturated heterocycles. The third kappa shape index (κ3) is 2.84. The first-order valence-corrected chi connectivity index (χ1v) is 9.04. The minimum Gasteiger partial charge on any atom is -0.305 e. The Morgan fingerprint density at radius 3 is 2.46 bits per heavy atom. The fourth-order valence-corrected chi connectivity index (χ4v) is 3.66. The van der Waals surface area contributed by atoms with Crippen molar-refractivity contribution in [1.29, 1.82) is 0 Å². The van der Waals surface area contributed by atoms with Gasteiger partial charge in [-0.05, 0) is 49.5 Å². The summed E-state index contributed by atoms with van der Waals surface area (Å²) < 4.78 is 28.7. The summed E-state index contributed by atoms with van der Waals surface area (Å²) in [7, 11) is 2.06. The van der Waals surface area contributed by atoms with Gasteiger partial charge in [-0.2, -0.15) is 5.10 Å². The van der Waals surface area contributed by atoms with Gasteiger partial charge in [-0.15, -0.1) is 0 Å². The van der Waals surface area contributed by atoms with E-state index >= 15 is 0 Å². The van der Waals surface area contributed by atoms with Crippen molar-refractivity contribution in [2.24, 2.45) is 0 Å². The van der Waals surface area contributed by atoms with E-state index in [0.29, 0.717) is 11.6 Å². The van der Waals surface area contributed by atoms with Gasteiger partial charge in [0, 0.05) is 30.8 Å². The van der Waals surface area contributed by atoms with Crippen LogP contribution in [0.1, 0.15) is 11.7 Å². The summed E-state index contributed by atoms with van der Waals surface area (Å²) in [5, 5.41) is 4.56. The minimum absolute atomic E-state index is 0.304. The number of fused-ring (bicyclic) bond motifs is 1. The van der Waals surface area contributed by atoms with Crippen LogP contribution in [0, 0.1) is 11.6 Å². The quantitative estimate of drug-likeness (QED) is 0.545. The summed E-state index contributed by atoms with van der Waals surface area (Å²) in [4.78, 5) is 11.4. The molecule has 28 heavy (non-hydrogen) atoms. The minimum atomic E-state index is -0.381. The highest BCUT2D eigenvalue weighted by Crippen LogP contribution is 2.35. The van der Waals surface area contributed by atoms with Crippen molar-refractivity contribution in [3.05, 3.63) is 72.3 Å². The number of aromatic nitrogens is 4. The van der Waals surface area contributed by atoms with Gasteiger partial charge in [-0.25, -0.2) is 23.3 Å². The molecule has 1 aliphatic rings. The van der Waals surface area contributed by atoms with Crippen molar-refractivity contribution in [2.75, 3.05) is 20.1 Å². The van der Waals surface area contributed by atoms with E-state index in [9.17, 15) is 8.78 Å². The lowest BCUT2D eigenvalue weighted by Crippen LogP contribution is -2.42. The van der Waals surface area contributed by atoms with Crippen LogP contribution in [-0.2, 0) is 0 Å². The Balaban J connectivity index is 1.70. The van der Waals surface area contributed by atoms with Crippen LogP contribution < -0.4 is 0 Å². The van der Waals surface area contributed by atoms with Crippen LogP contribution in [0.25, 0.3) is 28.0 Å². The Hall–Kier alpha value is -3.19. The SMILES string of the molecule is CN1CC(c2nccc(-c3c(-c4ccc(F)cc4)nn4cc(F)ccc34)n2)C1. The molecule has 1 aromatic carbocycles. The van der Waals surface area contributed by atoms with Crippen molar-refractivity contribution >= 4 is 5.52 Å². The van der Waals surface area contributed by atoms with Gasteiger partial charge in [0.1, 0.15) is 23.2 Å². The third-order valence-electron chi connectivity index (χ3n) is 5.07. The monoisotopic (exact) mass is 377 g/mol. The number of likely N-dealkylation sites (N-methyl/N-ethyl adjacent to an activating group) is 1. The van der Waals surface area contributed by atoms with Crippen molar-refractivity contribution in [3.8, 4) is 22.5 Å². The van der Waals surface area contributed by atoms with E-state index < -0.39 is 0 Å². The molecule has 0 spiro atoms. The molecule has 0 saturated carbocycles. The van der Waals surface area contributed by atoms with E-state index in [2.05, 4.69) is 22.0 Å². The van der Waals surface area contributed by atoms with Gasteiger partial charge >= 0.3 is 0 Å². The van der Waals surface area contributed by atoms with Gasteiger partial charge < -0.3 is 4.90 Å². The number of likely N-dealkylation sites (tertiary alicyclic amines) is 1. The highest BCUT2D eigenvalue weighted by atomic mass is 19.1. The summed E-state index contributed by atoms with van der Waals surface area (Å²) in [6.07, 6.45) is 3.08. The molecule has 140 valence electrons. The molecule has 0 aliphatic carbocycles. The van der Waals surface area contributed by atoms with Crippen molar-refractivity contribution < 1.29 is 8.78 Å². The van der Waals surface area contributed by atoms with Crippen LogP contribution >= 0.6 is 0 Å². The standard InChI is InChI=1S/C21H17F2N5/c1-27-10-14(11-27)21-24-9-8-17(25-21)19-18-7-6-16(23)12-28(18)26-20(19)13-2-4-15(22)5-3-13/h2-9,12,14H,10-11H2,1H3. The van der Waals surface area contributed by atoms with E-state index in [-0.39, 0.29) is 11.6 Å². The second-order valence-corrected chi connectivity index (χ2v) is 7.13. The van der Waals surface area contributed by atoms with Crippen molar-refractivity contribution in [3.63, 3.8) is 0 Å². The molecule has 4 heterocycles. The van der Waals surface area contributed by atoms with Gasteiger partial charge in [0.05, 0.1) is 23.0 Å². The number of nitrogens with zero attached hydrogens (tertiary/aromatic N) is 5. The smallest absolute Gasteiger partial charge is 0.141 e. The predicted octanol–water partition coefficient (Wildman–Crippen LogP) is 3.77. The van der Waals surface area contributed by atoms with Gasteiger partial charge in [0.25, 0.3) is 0 Å². The summed E-state index contributed by atoms with van der Waals surface area (Å²) in [6.45, 7) is 1.85. The zero-order valence-electron chi connectivity index (χ0n) is 15.2. The molecular weight excluding hydrogens is 360 g/mol. The molecule has 0 unspecified atom stereocenters. The largest absolute Gasteiger partial charge is 0.305 e. The van der Waals surface area contributed by atoms with Crippen LogP contribution in [0.4, 0.5) is 8.78 Å². The zero-order chi connectivity index (χ0) is 19.3. The second-order valence-electron chi connectivity index (χ2n) is 7.13. The normalized spacial score (nSPS) is 15.1. The molecule has 0 atom stereocenters. The molecule has 1 aliphatic heterocycles. The number of halogens is 2. The van der Waals surface area contributed by atoms with Crippen molar-refractivity contribution in [2.45, 2.75) is 5.92 Å². The number of benzene rings is 1. The third-order valence-corrected chi connectivity index (χ3v) is 5.07. The van der Waals surface area contributed by atoms with E-state index in [1.54, 1.807) is 24.4 Å². The number of rotatable bonds is 3. The molecule has 0 N–H and O–H groups in total. The fourth-order valence-electron chi connectivity index (χ4n) is 3.66. The van der Waals surface area contributed by atoms with E-state index in [0.717, 1.165) is 41.3 Å². The second kappa shape index (κ2) is 6.45. The maximum absolute atomic E-state index is 13.8. The van der Waals surface area contributed by atoms with Crippen LogP contribution in [-0.4, -0.2) is 44.6 Å². The van der Waals surface area contributed by atoms with E-state index in [1.807, 2.05) is 6.07 Å². The Labute approximate surface area is 160 Å². The lowest BCUT2D eigenvalue weighted by atomic mass is 9.99.